The van der Waals surface area contributed by atoms with Gasteiger partial charge in [-0.25, -0.2) is 0 Å². The summed E-state index contributed by atoms with van der Waals surface area (Å²) in [6.07, 6.45) is 5.50. The molecule has 0 fully saturated rings. The smallest absolute Gasteiger partial charge is 0.259 e. The van der Waals surface area contributed by atoms with E-state index in [1.165, 1.54) is 11.0 Å². The highest BCUT2D eigenvalue weighted by molar-refractivity contribution is 5.92. The highest BCUT2D eigenvalue weighted by atomic mass is 16.5. The fraction of sp³-hybridized carbons (Fsp3) is 0.308. The second-order valence-electron chi connectivity index (χ2n) is 7.43. The van der Waals surface area contributed by atoms with Gasteiger partial charge in [0.15, 0.2) is 18.1 Å². The monoisotopic (exact) mass is 452 g/mol. The Kier molecular flexibility index (Phi) is 10.0. The molecule has 0 aliphatic heterocycles. The number of hydrogen-bond acceptors (Lipinski definition) is 5. The Morgan fingerprint density at radius 1 is 1.09 bits per heavy atom. The molecule has 0 aromatic heterocycles. The molecule has 2 rings (SSSR count). The van der Waals surface area contributed by atoms with Gasteiger partial charge in [0.25, 0.3) is 5.91 Å². The average molecular weight is 453 g/mol. The molecular weight excluding hydrogens is 420 g/mol. The number of carbonyl (C=O) groups excluding carboxylic acids is 2. The molecule has 0 spiro atoms. The van der Waals surface area contributed by atoms with E-state index >= 15 is 0 Å². The maximum Gasteiger partial charge on any atom is 0.259 e. The molecule has 176 valence electrons. The number of hydrogen-bond donors (Lipinski definition) is 1. The van der Waals surface area contributed by atoms with Crippen LogP contribution in [0.5, 0.6) is 17.2 Å². The number of methoxy groups -OCH3 is 1. The quantitative estimate of drug-likeness (QED) is 0.389. The van der Waals surface area contributed by atoms with Crippen molar-refractivity contribution in [2.45, 2.75) is 19.4 Å². The van der Waals surface area contributed by atoms with Crippen molar-refractivity contribution < 1.29 is 23.8 Å². The molecule has 0 saturated heterocycles. The fourth-order valence-corrected chi connectivity index (χ4v) is 3.02. The first-order valence-corrected chi connectivity index (χ1v) is 10.7. The van der Waals surface area contributed by atoms with E-state index < -0.39 is 0 Å². The lowest BCUT2D eigenvalue weighted by Gasteiger charge is -2.20. The third-order valence-corrected chi connectivity index (χ3v) is 4.84. The second kappa shape index (κ2) is 13.0. The summed E-state index contributed by atoms with van der Waals surface area (Å²) in [4.78, 5) is 26.0. The summed E-state index contributed by atoms with van der Waals surface area (Å²) >= 11 is 0. The number of benzene rings is 2. The van der Waals surface area contributed by atoms with E-state index in [0.717, 1.165) is 11.1 Å². The molecule has 2 aromatic rings. The Morgan fingerprint density at radius 3 is 2.52 bits per heavy atom. The molecule has 2 aromatic carbocycles. The van der Waals surface area contributed by atoms with Crippen molar-refractivity contribution >= 4 is 17.9 Å². The van der Waals surface area contributed by atoms with Gasteiger partial charge in [0.1, 0.15) is 12.4 Å². The van der Waals surface area contributed by atoms with E-state index in [-0.39, 0.29) is 24.5 Å². The van der Waals surface area contributed by atoms with Crippen LogP contribution >= 0.6 is 0 Å². The number of amides is 2. The first kappa shape index (κ1) is 25.5. The van der Waals surface area contributed by atoms with Gasteiger partial charge in [0.2, 0.25) is 5.91 Å². The predicted molar refractivity (Wildman–Crippen MR) is 130 cm³/mol. The molecular formula is C26H32N2O5. The number of rotatable bonds is 12. The largest absolute Gasteiger partial charge is 0.493 e. The number of ether oxygens (including phenoxy) is 3. The van der Waals surface area contributed by atoms with Crippen LogP contribution in [0.4, 0.5) is 0 Å². The fourth-order valence-electron chi connectivity index (χ4n) is 3.02. The summed E-state index contributed by atoms with van der Waals surface area (Å²) < 4.78 is 16.6. The highest BCUT2D eigenvalue weighted by Gasteiger charge is 2.17. The minimum Gasteiger partial charge on any atom is -0.493 e. The van der Waals surface area contributed by atoms with Crippen LogP contribution in [0.1, 0.15) is 30.5 Å². The lowest BCUT2D eigenvalue weighted by atomic mass is 10.0. The molecule has 1 atom stereocenters. The lowest BCUT2D eigenvalue weighted by Crippen LogP contribution is -2.29. The molecule has 1 N–H and O–H groups in total. The maximum absolute atomic E-state index is 12.6. The van der Waals surface area contributed by atoms with Gasteiger partial charge >= 0.3 is 0 Å². The van der Waals surface area contributed by atoms with Gasteiger partial charge in [-0.2, -0.15) is 0 Å². The third-order valence-electron chi connectivity index (χ3n) is 4.84. The zero-order valence-electron chi connectivity index (χ0n) is 19.7. The van der Waals surface area contributed by atoms with Crippen LogP contribution in [0.2, 0.25) is 0 Å². The number of nitrogens with zero attached hydrogens (tertiary/aromatic N) is 1. The number of carbonyl (C=O) groups is 2. The molecule has 0 aliphatic carbocycles. The van der Waals surface area contributed by atoms with E-state index in [2.05, 4.69) is 11.9 Å². The molecule has 0 radical (unpaired) electrons. The normalized spacial score (nSPS) is 11.5. The van der Waals surface area contributed by atoms with E-state index in [1.54, 1.807) is 51.6 Å². The van der Waals surface area contributed by atoms with Crippen molar-refractivity contribution in [1.29, 1.82) is 0 Å². The Labute approximate surface area is 195 Å². The highest BCUT2D eigenvalue weighted by Crippen LogP contribution is 2.29. The molecule has 1 unspecified atom stereocenters. The topological polar surface area (TPSA) is 77.1 Å². The molecule has 0 heterocycles. The molecule has 0 aliphatic rings. The SMILES string of the molecule is C=CCOc1ccc(/C=C\C(=O)NC(CC)c2ccccc2OCC(=O)N(C)C)cc1OC. The van der Waals surface area contributed by atoms with Gasteiger partial charge < -0.3 is 24.4 Å². The first-order valence-electron chi connectivity index (χ1n) is 10.7. The van der Waals surface area contributed by atoms with Gasteiger partial charge in [-0.15, -0.1) is 0 Å². The Morgan fingerprint density at radius 2 is 1.85 bits per heavy atom. The molecule has 7 heteroatoms. The average Bonchev–Trinajstić information content (AvgIpc) is 2.83. The molecule has 7 nitrogen and oxygen atoms in total. The van der Waals surface area contributed by atoms with Gasteiger partial charge in [0.05, 0.1) is 13.2 Å². The summed E-state index contributed by atoms with van der Waals surface area (Å²) in [5, 5.41) is 3.00. The Bertz CT molecular complexity index is 984. The molecule has 0 bridgehead atoms. The van der Waals surface area contributed by atoms with Crippen LogP contribution in [0.3, 0.4) is 0 Å². The van der Waals surface area contributed by atoms with Crippen LogP contribution in [-0.2, 0) is 9.59 Å². The number of nitrogens with one attached hydrogen (secondary N) is 1. The first-order chi connectivity index (χ1) is 15.9. The Hall–Kier alpha value is -3.74. The summed E-state index contributed by atoms with van der Waals surface area (Å²) in [7, 11) is 4.92. The second-order valence-corrected chi connectivity index (χ2v) is 7.43. The van der Waals surface area contributed by atoms with Crippen molar-refractivity contribution in [3.8, 4) is 17.2 Å². The molecule has 33 heavy (non-hydrogen) atoms. The number of para-hydroxylation sites is 1. The number of likely N-dealkylation sites (N-methyl/N-ethyl adjacent to an activating group) is 1. The zero-order valence-corrected chi connectivity index (χ0v) is 19.7. The van der Waals surface area contributed by atoms with E-state index in [9.17, 15) is 9.59 Å². The Balaban J connectivity index is 2.09. The van der Waals surface area contributed by atoms with Crippen LogP contribution in [0.25, 0.3) is 6.08 Å². The summed E-state index contributed by atoms with van der Waals surface area (Å²) in [5.41, 5.74) is 1.62. The van der Waals surface area contributed by atoms with Crippen molar-refractivity contribution in [3.63, 3.8) is 0 Å². The van der Waals surface area contributed by atoms with Crippen molar-refractivity contribution in [3.05, 3.63) is 72.3 Å². The van der Waals surface area contributed by atoms with Gasteiger partial charge in [0, 0.05) is 25.7 Å². The van der Waals surface area contributed by atoms with E-state index in [1.807, 2.05) is 31.2 Å². The van der Waals surface area contributed by atoms with Crippen LogP contribution in [0, 0.1) is 0 Å². The summed E-state index contributed by atoms with van der Waals surface area (Å²) in [5.74, 6) is 1.37. The minimum atomic E-state index is -0.267. The van der Waals surface area contributed by atoms with Crippen LogP contribution < -0.4 is 19.5 Å². The van der Waals surface area contributed by atoms with Gasteiger partial charge in [-0.3, -0.25) is 9.59 Å². The van der Waals surface area contributed by atoms with Gasteiger partial charge in [-0.1, -0.05) is 43.8 Å². The van der Waals surface area contributed by atoms with Crippen molar-refractivity contribution in [1.82, 2.24) is 10.2 Å². The van der Waals surface area contributed by atoms with Crippen LogP contribution in [0.15, 0.2) is 61.2 Å². The minimum absolute atomic E-state index is 0.0668. The predicted octanol–water partition coefficient (Wildman–Crippen LogP) is 4.01. The molecule has 0 saturated carbocycles. The zero-order chi connectivity index (χ0) is 24.2. The maximum atomic E-state index is 12.6. The van der Waals surface area contributed by atoms with Crippen molar-refractivity contribution in [2.24, 2.45) is 0 Å². The van der Waals surface area contributed by atoms with Crippen LogP contribution in [-0.4, -0.2) is 51.1 Å². The summed E-state index contributed by atoms with van der Waals surface area (Å²) in [6, 6.07) is 12.6. The summed E-state index contributed by atoms with van der Waals surface area (Å²) in [6.45, 7) is 5.92. The lowest BCUT2D eigenvalue weighted by molar-refractivity contribution is -0.130. The van der Waals surface area contributed by atoms with E-state index in [4.69, 9.17) is 14.2 Å². The third kappa shape index (κ3) is 7.71. The van der Waals surface area contributed by atoms with Gasteiger partial charge in [-0.05, 0) is 36.3 Å². The van der Waals surface area contributed by atoms with E-state index in [0.29, 0.717) is 30.3 Å². The van der Waals surface area contributed by atoms with Crippen molar-refractivity contribution in [2.75, 3.05) is 34.4 Å². The molecule has 2 amide bonds. The standard InChI is InChI=1S/C26H32N2O5/c1-6-16-32-23-14-12-19(17-24(23)31-5)13-15-25(29)27-21(7-2)20-10-8-9-11-22(20)33-18-26(30)28(3)4/h6,8-15,17,21H,1,7,16,18H2,2-5H3,(H,27,29)/b15-13-.